The second-order valence-electron chi connectivity index (χ2n) is 9.55. The van der Waals surface area contributed by atoms with E-state index < -0.39 is 0 Å². The first-order valence-electron chi connectivity index (χ1n) is 13.1. The molecule has 0 spiro atoms. The minimum absolute atomic E-state index is 0.0366. The summed E-state index contributed by atoms with van der Waals surface area (Å²) >= 11 is 0. The minimum atomic E-state index is -0.182. The van der Waals surface area contributed by atoms with Crippen LogP contribution in [0.1, 0.15) is 120 Å². The third kappa shape index (κ3) is 2.92. The van der Waals surface area contributed by atoms with Crippen LogP contribution in [0.2, 0.25) is 0 Å². The van der Waals surface area contributed by atoms with Crippen molar-refractivity contribution in [3.8, 4) is 0 Å². The molecule has 0 N–H and O–H groups in total. The number of fused-ring (bicyclic) bond motifs is 1. The molecule has 1 aromatic carbocycles. The summed E-state index contributed by atoms with van der Waals surface area (Å²) in [6.45, 7) is 18.3. The number of carbonyl (C=O) groups is 2. The van der Waals surface area contributed by atoms with Crippen molar-refractivity contribution in [2.24, 2.45) is 5.41 Å². The average molecular weight is 438 g/mol. The van der Waals surface area contributed by atoms with Gasteiger partial charge in [-0.2, -0.15) is 0 Å². The van der Waals surface area contributed by atoms with Crippen molar-refractivity contribution in [3.05, 3.63) is 45.5 Å². The van der Waals surface area contributed by atoms with Crippen LogP contribution in [0.4, 0.5) is 0 Å². The molecule has 2 aliphatic rings. The molecule has 1 heterocycles. The Morgan fingerprint density at radius 2 is 1.09 bits per heavy atom. The van der Waals surface area contributed by atoms with Crippen LogP contribution in [-0.4, -0.2) is 16.7 Å². The molecule has 2 amide bonds. The fourth-order valence-corrected chi connectivity index (χ4v) is 7.94. The molecule has 0 radical (unpaired) electrons. The first-order valence-corrected chi connectivity index (χ1v) is 13.1. The first-order chi connectivity index (χ1) is 15.3. The van der Waals surface area contributed by atoms with Crippen molar-refractivity contribution < 1.29 is 9.59 Å². The van der Waals surface area contributed by atoms with Gasteiger partial charge in [-0.1, -0.05) is 55.4 Å². The lowest BCUT2D eigenvalue weighted by Crippen LogP contribution is -2.49. The van der Waals surface area contributed by atoms with Crippen LogP contribution in [0.5, 0.6) is 0 Å². The number of carbonyl (C=O) groups excluding carboxylic acids is 2. The van der Waals surface area contributed by atoms with Crippen molar-refractivity contribution >= 4 is 11.8 Å². The standard InChI is InChI=1S/C29H43NO2/c1-9-19-20(10-2)22(12-4)26-25(21(19)11-3)27(30-23(31)17-18-24(30)32)29(15-7,16-8)28(26,13-5)14-6/h17-18,27H,9-16H2,1-8H3/t27-/m1/s1. The third-order valence-electron chi connectivity index (χ3n) is 9.20. The Labute approximate surface area is 195 Å². The SMILES string of the molecule is CCc1c(CC)c(CC)c2c(c1CC)[C@@H](N1C(=O)C=CC1=O)C(CC)(CC)C2(CC)CC. The van der Waals surface area contributed by atoms with Gasteiger partial charge in [0.05, 0.1) is 6.04 Å². The van der Waals surface area contributed by atoms with E-state index in [4.69, 9.17) is 0 Å². The van der Waals surface area contributed by atoms with Crippen LogP contribution < -0.4 is 0 Å². The topological polar surface area (TPSA) is 37.4 Å². The van der Waals surface area contributed by atoms with Crippen molar-refractivity contribution in [2.75, 3.05) is 0 Å². The quantitative estimate of drug-likeness (QED) is 0.399. The van der Waals surface area contributed by atoms with Crippen molar-refractivity contribution in [1.29, 1.82) is 0 Å². The van der Waals surface area contributed by atoms with E-state index in [1.54, 1.807) is 4.90 Å². The highest BCUT2D eigenvalue weighted by molar-refractivity contribution is 6.13. The van der Waals surface area contributed by atoms with Gasteiger partial charge in [0.25, 0.3) is 11.8 Å². The van der Waals surface area contributed by atoms with Gasteiger partial charge < -0.3 is 0 Å². The lowest BCUT2D eigenvalue weighted by molar-refractivity contribution is -0.145. The highest BCUT2D eigenvalue weighted by Gasteiger charge is 2.63. The summed E-state index contributed by atoms with van der Waals surface area (Å²) in [6, 6.07) is -0.182. The number of rotatable bonds is 9. The number of hydrogen-bond donors (Lipinski definition) is 0. The summed E-state index contributed by atoms with van der Waals surface area (Å²) in [7, 11) is 0. The van der Waals surface area contributed by atoms with Crippen molar-refractivity contribution in [2.45, 2.75) is 118 Å². The Bertz CT molecular complexity index is 913. The van der Waals surface area contributed by atoms with Gasteiger partial charge in [-0.25, -0.2) is 0 Å². The van der Waals surface area contributed by atoms with Gasteiger partial charge in [-0.05, 0) is 84.7 Å². The van der Waals surface area contributed by atoms with E-state index >= 15 is 0 Å². The lowest BCUT2D eigenvalue weighted by atomic mass is 9.56. The molecule has 1 aliphatic heterocycles. The zero-order valence-corrected chi connectivity index (χ0v) is 21.7. The monoisotopic (exact) mass is 437 g/mol. The molecule has 0 unspecified atom stereocenters. The van der Waals surface area contributed by atoms with E-state index in [2.05, 4.69) is 55.4 Å². The Kier molecular flexibility index (Phi) is 7.08. The summed E-state index contributed by atoms with van der Waals surface area (Å²) in [4.78, 5) is 27.9. The van der Waals surface area contributed by atoms with Crippen LogP contribution in [0.15, 0.2) is 12.2 Å². The number of nitrogens with zero attached hydrogens (tertiary/aromatic N) is 1. The molecule has 1 atom stereocenters. The zero-order valence-electron chi connectivity index (χ0n) is 21.7. The van der Waals surface area contributed by atoms with Gasteiger partial charge in [-0.15, -0.1) is 0 Å². The molecule has 0 aromatic heterocycles. The minimum Gasteiger partial charge on any atom is -0.269 e. The van der Waals surface area contributed by atoms with Gasteiger partial charge in [0.15, 0.2) is 0 Å². The average Bonchev–Trinajstić information content (AvgIpc) is 3.27. The van der Waals surface area contributed by atoms with Crippen LogP contribution in [-0.2, 0) is 40.7 Å². The van der Waals surface area contributed by atoms with Gasteiger partial charge in [0.1, 0.15) is 0 Å². The van der Waals surface area contributed by atoms with E-state index in [0.717, 1.165) is 51.4 Å². The number of imide groups is 1. The fourth-order valence-electron chi connectivity index (χ4n) is 7.94. The zero-order chi connectivity index (χ0) is 23.8. The van der Waals surface area contributed by atoms with E-state index in [9.17, 15) is 9.59 Å². The third-order valence-corrected chi connectivity index (χ3v) is 9.20. The molecule has 0 saturated carbocycles. The molecular formula is C29H43NO2. The molecule has 3 nitrogen and oxygen atoms in total. The summed E-state index contributed by atoms with van der Waals surface area (Å²) < 4.78 is 0. The Morgan fingerprint density at radius 3 is 1.47 bits per heavy atom. The predicted molar refractivity (Wildman–Crippen MR) is 133 cm³/mol. The molecule has 0 bridgehead atoms. The summed E-state index contributed by atoms with van der Waals surface area (Å²) in [5, 5.41) is 0. The maximum Gasteiger partial charge on any atom is 0.254 e. The number of amides is 2. The van der Waals surface area contributed by atoms with E-state index in [0.29, 0.717) is 0 Å². The van der Waals surface area contributed by atoms with Crippen LogP contribution in [0.3, 0.4) is 0 Å². The molecule has 0 fully saturated rings. The summed E-state index contributed by atoms with van der Waals surface area (Å²) in [5.74, 6) is -0.282. The maximum atomic E-state index is 13.1. The van der Waals surface area contributed by atoms with Crippen molar-refractivity contribution in [1.82, 2.24) is 4.90 Å². The van der Waals surface area contributed by atoms with Crippen LogP contribution in [0.25, 0.3) is 0 Å². The maximum absolute atomic E-state index is 13.1. The summed E-state index contributed by atoms with van der Waals surface area (Å²) in [5.41, 5.74) is 8.54. The Hall–Kier alpha value is -1.90. The normalized spacial score (nSPS) is 21.0. The Morgan fingerprint density at radius 1 is 0.656 bits per heavy atom. The van der Waals surface area contributed by atoms with Gasteiger partial charge in [0.2, 0.25) is 0 Å². The highest BCUT2D eigenvalue weighted by atomic mass is 16.2. The smallest absolute Gasteiger partial charge is 0.254 e. The second-order valence-corrected chi connectivity index (χ2v) is 9.55. The largest absolute Gasteiger partial charge is 0.269 e. The van der Waals surface area contributed by atoms with Crippen LogP contribution >= 0.6 is 0 Å². The highest BCUT2D eigenvalue weighted by Crippen LogP contribution is 2.68. The fraction of sp³-hybridized carbons (Fsp3) is 0.655. The van der Waals surface area contributed by atoms with Crippen LogP contribution in [0, 0.1) is 5.41 Å². The van der Waals surface area contributed by atoms with Crippen molar-refractivity contribution in [3.63, 3.8) is 0 Å². The molecule has 176 valence electrons. The predicted octanol–water partition coefficient (Wildman–Crippen LogP) is 6.78. The van der Waals surface area contributed by atoms with Gasteiger partial charge >= 0.3 is 0 Å². The molecule has 1 aliphatic carbocycles. The molecule has 3 heteroatoms. The van der Waals surface area contributed by atoms with E-state index in [1.807, 2.05) is 0 Å². The molecular weight excluding hydrogens is 394 g/mol. The molecule has 3 rings (SSSR count). The van der Waals surface area contributed by atoms with Gasteiger partial charge in [-0.3, -0.25) is 14.5 Å². The van der Waals surface area contributed by atoms with E-state index in [1.165, 1.54) is 45.5 Å². The Balaban J connectivity index is 2.60. The molecule has 0 saturated heterocycles. The number of benzene rings is 1. The van der Waals surface area contributed by atoms with E-state index in [-0.39, 0.29) is 28.7 Å². The molecule has 1 aromatic rings. The second kappa shape index (κ2) is 9.15. The number of hydrogen-bond acceptors (Lipinski definition) is 2. The van der Waals surface area contributed by atoms with Gasteiger partial charge in [0, 0.05) is 23.0 Å². The lowest BCUT2D eigenvalue weighted by Gasteiger charge is -2.50. The molecule has 32 heavy (non-hydrogen) atoms. The first kappa shape index (κ1) is 24.7. The summed E-state index contributed by atoms with van der Waals surface area (Å²) in [6.07, 6.45) is 10.9.